The Hall–Kier alpha value is -1.40. The van der Waals surface area contributed by atoms with Gasteiger partial charge in [0.1, 0.15) is 0 Å². The van der Waals surface area contributed by atoms with Crippen molar-refractivity contribution in [2.75, 3.05) is 26.2 Å². The van der Waals surface area contributed by atoms with Gasteiger partial charge in [0, 0.05) is 50.9 Å². The van der Waals surface area contributed by atoms with E-state index in [-0.39, 0.29) is 17.9 Å². The lowest BCUT2D eigenvalue weighted by atomic mass is 9.82. The average Bonchev–Trinajstić information content (AvgIpc) is 3.00. The summed E-state index contributed by atoms with van der Waals surface area (Å²) in [4.78, 5) is 14.7. The zero-order chi connectivity index (χ0) is 17.6. The smallest absolute Gasteiger partial charge is 0.223 e. The summed E-state index contributed by atoms with van der Waals surface area (Å²) < 4.78 is 7.72. The van der Waals surface area contributed by atoms with Crippen molar-refractivity contribution in [2.45, 2.75) is 51.7 Å². The minimum Gasteiger partial charge on any atom is -0.375 e. The summed E-state index contributed by atoms with van der Waals surface area (Å²) in [5.41, 5.74) is 1.24. The Bertz CT molecular complexity index is 551. The Labute approximate surface area is 150 Å². The van der Waals surface area contributed by atoms with Gasteiger partial charge in [0.25, 0.3) is 0 Å². The van der Waals surface area contributed by atoms with Crippen LogP contribution in [0.4, 0.5) is 0 Å². The third-order valence-corrected chi connectivity index (χ3v) is 5.54. The van der Waals surface area contributed by atoms with Crippen LogP contribution < -0.4 is 5.32 Å². The van der Waals surface area contributed by atoms with E-state index in [4.69, 9.17) is 4.74 Å². The van der Waals surface area contributed by atoms with Crippen molar-refractivity contribution >= 4 is 5.91 Å². The molecule has 1 saturated carbocycles. The summed E-state index contributed by atoms with van der Waals surface area (Å²) in [5.74, 6) is 1.26. The van der Waals surface area contributed by atoms with Crippen LogP contribution in [0, 0.1) is 11.8 Å². The van der Waals surface area contributed by atoms with Gasteiger partial charge in [-0.25, -0.2) is 0 Å². The minimum atomic E-state index is 0.206. The number of nitrogens with one attached hydrogen (secondary N) is 1. The Morgan fingerprint density at radius 2 is 2.16 bits per heavy atom. The minimum absolute atomic E-state index is 0.206. The lowest BCUT2D eigenvalue weighted by Crippen LogP contribution is -2.43. The standard InChI is InChI=1S/C19H32N4O2/c1-15-3-5-17(6-4-15)19(24)20-8-7-18-14-23(9-10-25-18)13-16-11-21-22(2)12-16/h11-12,15,17-18H,3-10,13-14H2,1-2H3,(H,20,24). The van der Waals surface area contributed by atoms with E-state index in [9.17, 15) is 4.79 Å². The van der Waals surface area contributed by atoms with Gasteiger partial charge < -0.3 is 10.1 Å². The number of hydrogen-bond donors (Lipinski definition) is 1. The fourth-order valence-corrected chi connectivity index (χ4v) is 3.93. The van der Waals surface area contributed by atoms with Crippen molar-refractivity contribution in [3.8, 4) is 0 Å². The molecule has 1 aliphatic heterocycles. The molecule has 0 spiro atoms. The highest BCUT2D eigenvalue weighted by atomic mass is 16.5. The molecule has 1 saturated heterocycles. The van der Waals surface area contributed by atoms with E-state index in [1.165, 1.54) is 18.4 Å². The summed E-state index contributed by atoms with van der Waals surface area (Å²) in [5, 5.41) is 7.36. The molecule has 2 heterocycles. The number of hydrogen-bond acceptors (Lipinski definition) is 4. The van der Waals surface area contributed by atoms with E-state index in [0.717, 1.165) is 58.0 Å². The first-order valence-corrected chi connectivity index (χ1v) is 9.69. The van der Waals surface area contributed by atoms with E-state index in [1.807, 2.05) is 17.9 Å². The number of morpholine rings is 1. The van der Waals surface area contributed by atoms with Crippen LogP contribution >= 0.6 is 0 Å². The normalized spacial score (nSPS) is 28.0. The number of aromatic nitrogens is 2. The largest absolute Gasteiger partial charge is 0.375 e. The van der Waals surface area contributed by atoms with Crippen molar-refractivity contribution in [2.24, 2.45) is 18.9 Å². The quantitative estimate of drug-likeness (QED) is 0.854. The van der Waals surface area contributed by atoms with E-state index in [0.29, 0.717) is 0 Å². The van der Waals surface area contributed by atoms with Gasteiger partial charge in [-0.2, -0.15) is 5.10 Å². The molecular formula is C19H32N4O2. The summed E-state index contributed by atoms with van der Waals surface area (Å²) in [6.45, 7) is 6.56. The number of carbonyl (C=O) groups is 1. The van der Waals surface area contributed by atoms with Crippen LogP contribution in [0.25, 0.3) is 0 Å². The molecule has 1 N–H and O–H groups in total. The molecule has 1 aromatic rings. The van der Waals surface area contributed by atoms with Crippen LogP contribution in [0.2, 0.25) is 0 Å². The zero-order valence-corrected chi connectivity index (χ0v) is 15.6. The van der Waals surface area contributed by atoms with Crippen molar-refractivity contribution in [3.05, 3.63) is 18.0 Å². The number of rotatable bonds is 6. The lowest BCUT2D eigenvalue weighted by Gasteiger charge is -2.33. The molecule has 25 heavy (non-hydrogen) atoms. The van der Waals surface area contributed by atoms with Crippen molar-refractivity contribution in [3.63, 3.8) is 0 Å². The number of carbonyl (C=O) groups excluding carboxylic acids is 1. The first-order valence-electron chi connectivity index (χ1n) is 9.69. The molecule has 3 rings (SSSR count). The molecule has 1 aliphatic carbocycles. The van der Waals surface area contributed by atoms with Gasteiger partial charge in [0.2, 0.25) is 5.91 Å². The molecule has 1 atom stereocenters. The van der Waals surface area contributed by atoms with E-state index >= 15 is 0 Å². The fourth-order valence-electron chi connectivity index (χ4n) is 3.93. The Balaban J connectivity index is 1.35. The predicted octanol–water partition coefficient (Wildman–Crippen LogP) is 1.95. The lowest BCUT2D eigenvalue weighted by molar-refractivity contribution is -0.126. The molecule has 6 heteroatoms. The molecule has 140 valence electrons. The fraction of sp³-hybridized carbons (Fsp3) is 0.789. The molecule has 0 aromatic carbocycles. The van der Waals surface area contributed by atoms with Gasteiger partial charge in [0.15, 0.2) is 0 Å². The SMILES string of the molecule is CC1CCC(C(=O)NCCC2CN(Cc3cnn(C)c3)CCO2)CC1. The maximum absolute atomic E-state index is 12.3. The molecule has 0 bridgehead atoms. The molecule has 1 amide bonds. The van der Waals surface area contributed by atoms with E-state index < -0.39 is 0 Å². The third-order valence-electron chi connectivity index (χ3n) is 5.54. The second kappa shape index (κ2) is 8.81. The number of amides is 1. The molecule has 1 aromatic heterocycles. The highest BCUT2D eigenvalue weighted by Crippen LogP contribution is 2.28. The average molecular weight is 348 g/mol. The Morgan fingerprint density at radius 3 is 2.88 bits per heavy atom. The molecule has 1 unspecified atom stereocenters. The Kier molecular flexibility index (Phi) is 6.48. The Morgan fingerprint density at radius 1 is 1.36 bits per heavy atom. The van der Waals surface area contributed by atoms with Crippen LogP contribution in [-0.2, 0) is 23.1 Å². The first-order chi connectivity index (χ1) is 12.1. The van der Waals surface area contributed by atoms with Crippen LogP contribution in [-0.4, -0.2) is 52.9 Å². The van der Waals surface area contributed by atoms with Gasteiger partial charge in [0.05, 0.1) is 18.9 Å². The van der Waals surface area contributed by atoms with Crippen LogP contribution in [0.5, 0.6) is 0 Å². The van der Waals surface area contributed by atoms with E-state index in [2.05, 4.69) is 28.4 Å². The highest BCUT2D eigenvalue weighted by Gasteiger charge is 2.25. The summed E-state index contributed by atoms with van der Waals surface area (Å²) in [6, 6.07) is 0. The third kappa shape index (κ3) is 5.54. The summed E-state index contributed by atoms with van der Waals surface area (Å²) in [6.07, 6.45) is 9.55. The molecule has 0 radical (unpaired) electrons. The number of ether oxygens (including phenoxy) is 1. The second-order valence-corrected chi connectivity index (χ2v) is 7.79. The van der Waals surface area contributed by atoms with Gasteiger partial charge in [-0.05, 0) is 38.0 Å². The number of aryl methyl sites for hydroxylation is 1. The number of nitrogens with zero attached hydrogens (tertiary/aromatic N) is 3. The summed E-state index contributed by atoms with van der Waals surface area (Å²) in [7, 11) is 1.95. The van der Waals surface area contributed by atoms with E-state index in [1.54, 1.807) is 0 Å². The highest BCUT2D eigenvalue weighted by molar-refractivity contribution is 5.78. The maximum Gasteiger partial charge on any atom is 0.223 e. The maximum atomic E-state index is 12.3. The topological polar surface area (TPSA) is 59.4 Å². The van der Waals surface area contributed by atoms with Crippen molar-refractivity contribution < 1.29 is 9.53 Å². The van der Waals surface area contributed by atoms with Crippen molar-refractivity contribution in [1.82, 2.24) is 20.0 Å². The predicted molar refractivity (Wildman–Crippen MR) is 97.0 cm³/mol. The van der Waals surface area contributed by atoms with Crippen LogP contribution in [0.15, 0.2) is 12.4 Å². The van der Waals surface area contributed by atoms with Crippen LogP contribution in [0.3, 0.4) is 0 Å². The van der Waals surface area contributed by atoms with Gasteiger partial charge >= 0.3 is 0 Å². The van der Waals surface area contributed by atoms with Gasteiger partial charge in [-0.15, -0.1) is 0 Å². The molecule has 6 nitrogen and oxygen atoms in total. The molecule has 2 aliphatic rings. The molecular weight excluding hydrogens is 316 g/mol. The second-order valence-electron chi connectivity index (χ2n) is 7.79. The summed E-state index contributed by atoms with van der Waals surface area (Å²) >= 11 is 0. The van der Waals surface area contributed by atoms with Crippen molar-refractivity contribution in [1.29, 1.82) is 0 Å². The first kappa shape index (κ1) is 18.4. The zero-order valence-electron chi connectivity index (χ0n) is 15.6. The van der Waals surface area contributed by atoms with Gasteiger partial charge in [-0.3, -0.25) is 14.4 Å². The monoisotopic (exact) mass is 348 g/mol. The molecule has 2 fully saturated rings. The van der Waals surface area contributed by atoms with Crippen LogP contribution in [0.1, 0.15) is 44.6 Å². The van der Waals surface area contributed by atoms with Gasteiger partial charge in [-0.1, -0.05) is 6.92 Å².